The van der Waals surface area contributed by atoms with Crippen molar-refractivity contribution in [2.24, 2.45) is 0 Å². The van der Waals surface area contributed by atoms with E-state index in [9.17, 15) is 0 Å². The van der Waals surface area contributed by atoms with E-state index in [1.165, 1.54) is 31.8 Å². The van der Waals surface area contributed by atoms with Crippen LogP contribution in [0.3, 0.4) is 0 Å². The Morgan fingerprint density at radius 3 is 0.463 bits per heavy atom. The maximum absolute atomic E-state index is 2.24. The Kier molecular flexibility index (Phi) is 15.2. The van der Waals surface area contributed by atoms with Gasteiger partial charge in [-0.25, -0.2) is 0 Å². The molecule has 0 spiro atoms. The van der Waals surface area contributed by atoms with E-state index in [0.29, 0.717) is 0 Å². The first-order valence-corrected chi connectivity index (χ1v) is 16.0. The molecule has 0 saturated carbocycles. The predicted molar refractivity (Wildman–Crippen MR) is 186 cm³/mol. The van der Waals surface area contributed by atoms with E-state index in [-0.39, 0.29) is 35.9 Å². The summed E-state index contributed by atoms with van der Waals surface area (Å²) in [5.74, 6) is 0. The van der Waals surface area contributed by atoms with Crippen molar-refractivity contribution in [1.82, 2.24) is 0 Å². The van der Waals surface area contributed by atoms with Gasteiger partial charge in [-0.2, -0.15) is 0 Å². The first-order valence-electron chi connectivity index (χ1n) is 13.0. The summed E-state index contributed by atoms with van der Waals surface area (Å²) >= 11 is 0. The van der Waals surface area contributed by atoms with Gasteiger partial charge in [0.1, 0.15) is 31.8 Å². The zero-order valence-electron chi connectivity index (χ0n) is 23.6. The molecule has 0 fully saturated rings. The average Bonchev–Trinajstić information content (AvgIpc) is 3.01. The Labute approximate surface area is 264 Å². The molecule has 0 aliphatic carbocycles. The van der Waals surface area contributed by atoms with Crippen molar-refractivity contribution >= 4 is 47.7 Å². The third-order valence-electron chi connectivity index (χ3n) is 6.37. The number of benzene rings is 6. The van der Waals surface area contributed by atoms with Crippen molar-refractivity contribution in [3.63, 3.8) is 0 Å². The van der Waals surface area contributed by atoms with Gasteiger partial charge in [-0.3, -0.25) is 0 Å². The quantitative estimate of drug-likeness (QED) is 0.124. The fraction of sp³-hybridized carbons (Fsp3) is 0. The minimum Gasteiger partial charge on any atom is -0.358 e. The first kappa shape index (κ1) is 34.1. The Morgan fingerprint density at radius 2 is 0.341 bits per heavy atom. The van der Waals surface area contributed by atoms with Crippen LogP contribution in [0.2, 0.25) is 0 Å². The van der Waals surface area contributed by atoms with Crippen LogP contribution in [0, 0.1) is 14.9 Å². The predicted octanol–water partition coefficient (Wildman–Crippen LogP) is 7.25. The van der Waals surface area contributed by atoms with E-state index in [4.69, 9.17) is 0 Å². The summed E-state index contributed by atoms with van der Waals surface area (Å²) in [5.41, 5.74) is 0. The van der Waals surface area contributed by atoms with Crippen molar-refractivity contribution < 1.29 is 21.1 Å². The molecule has 0 aliphatic rings. The Morgan fingerprint density at radius 1 is 0.220 bits per heavy atom. The molecule has 0 radical (unpaired) electrons. The third kappa shape index (κ3) is 9.45. The second-order valence-electron chi connectivity index (χ2n) is 8.95. The molecule has 0 bridgehead atoms. The Balaban J connectivity index is 0.000000267. The second-order valence-corrected chi connectivity index (χ2v) is 13.9. The van der Waals surface area contributed by atoms with Crippen LogP contribution in [-0.4, -0.2) is 0 Å². The van der Waals surface area contributed by atoms with Gasteiger partial charge in [-0.05, 0) is 72.8 Å². The van der Waals surface area contributed by atoms with Crippen LogP contribution >= 0.6 is 15.8 Å². The zero-order chi connectivity index (χ0) is 25.8. The molecule has 0 amide bonds. The van der Waals surface area contributed by atoms with E-state index in [1.807, 2.05) is 0 Å². The largest absolute Gasteiger partial charge is 4.00 e. The van der Waals surface area contributed by atoms with E-state index >= 15 is 0 Å². The molecule has 0 saturated heterocycles. The molecule has 206 valence electrons. The Hall–Kier alpha value is -3.13. The minimum atomic E-state index is -0.877. The van der Waals surface area contributed by atoms with Crippen molar-refractivity contribution in [1.29, 1.82) is 0 Å². The normalized spacial score (nSPS) is 9.80. The summed E-state index contributed by atoms with van der Waals surface area (Å²) in [4.78, 5) is 0. The van der Waals surface area contributed by atoms with Crippen molar-refractivity contribution in [3.8, 4) is 0 Å². The summed E-state index contributed by atoms with van der Waals surface area (Å²) in [5, 5.41) is 8.61. The molecule has 0 aromatic heterocycles. The smallest absolute Gasteiger partial charge is 0.358 e. The van der Waals surface area contributed by atoms with Crippen LogP contribution in [-0.2, 0) is 21.1 Å². The Bertz CT molecular complexity index is 1170. The van der Waals surface area contributed by atoms with Gasteiger partial charge < -0.3 is 14.9 Å². The molecule has 0 N–H and O–H groups in total. The molecular formula is C38H38P2Pt+4. The molecule has 0 atom stereocenters. The van der Waals surface area contributed by atoms with E-state index in [2.05, 4.69) is 182 Å². The minimum absolute atomic E-state index is 0. The van der Waals surface area contributed by atoms with Crippen LogP contribution < -0.4 is 31.8 Å². The number of rotatable bonds is 6. The monoisotopic (exact) mass is 751 g/mol. The van der Waals surface area contributed by atoms with Crippen LogP contribution in [0.4, 0.5) is 0 Å². The van der Waals surface area contributed by atoms with Crippen LogP contribution in [0.15, 0.2) is 182 Å². The molecule has 0 unspecified atom stereocenters. The van der Waals surface area contributed by atoms with Crippen molar-refractivity contribution in [2.75, 3.05) is 0 Å². The maximum atomic E-state index is 2.24. The molecule has 0 aliphatic heterocycles. The summed E-state index contributed by atoms with van der Waals surface area (Å²) in [7, 11) is -1.75. The average molecular weight is 752 g/mol. The van der Waals surface area contributed by atoms with Gasteiger partial charge in [-0.15, -0.1) is 0 Å². The maximum Gasteiger partial charge on any atom is 4.00 e. The fourth-order valence-corrected chi connectivity index (χ4v) is 9.78. The molecule has 0 nitrogen and oxygen atoms in total. The van der Waals surface area contributed by atoms with Gasteiger partial charge in [0.05, 0.1) is 15.8 Å². The zero-order valence-corrected chi connectivity index (χ0v) is 27.9. The molecule has 6 aromatic rings. The van der Waals surface area contributed by atoms with Gasteiger partial charge in [0, 0.05) is 0 Å². The van der Waals surface area contributed by atoms with Gasteiger partial charge in [0.15, 0.2) is 0 Å². The fourth-order valence-electron chi connectivity index (χ4n) is 4.63. The summed E-state index contributed by atoms with van der Waals surface area (Å²) in [6.07, 6.45) is 0. The van der Waals surface area contributed by atoms with Crippen molar-refractivity contribution in [2.45, 2.75) is 0 Å². The van der Waals surface area contributed by atoms with Crippen LogP contribution in [0.5, 0.6) is 0 Å². The van der Waals surface area contributed by atoms with Gasteiger partial charge in [0.2, 0.25) is 0 Å². The molecule has 0 heterocycles. The van der Waals surface area contributed by atoms with E-state index in [1.54, 1.807) is 0 Å². The van der Waals surface area contributed by atoms with E-state index < -0.39 is 15.8 Å². The standard InChI is InChI=1S/2C18H15P.2CH3.Pt/c2*1-4-10-16(11-5-1)19(17-12-6-2-7-13-17)18-14-8-3-9-15-18;;;/h2*1-15H;2*1H3;/q;;2*-1;+4/p+2. The van der Waals surface area contributed by atoms with Gasteiger partial charge in [0.25, 0.3) is 0 Å². The van der Waals surface area contributed by atoms with Gasteiger partial charge in [-0.1, -0.05) is 109 Å². The van der Waals surface area contributed by atoms with Gasteiger partial charge >= 0.3 is 21.1 Å². The summed E-state index contributed by atoms with van der Waals surface area (Å²) in [6, 6.07) is 65.0. The summed E-state index contributed by atoms with van der Waals surface area (Å²) in [6.45, 7) is 0. The molecule has 6 aromatic carbocycles. The number of hydrogen-bond acceptors (Lipinski definition) is 0. The number of hydrogen-bond donors (Lipinski definition) is 0. The second kappa shape index (κ2) is 18.3. The van der Waals surface area contributed by atoms with Crippen LogP contribution in [0.1, 0.15) is 0 Å². The third-order valence-corrected chi connectivity index (χ3v) is 11.8. The molecule has 6 rings (SSSR count). The molecule has 3 heteroatoms. The van der Waals surface area contributed by atoms with Crippen LogP contribution in [0.25, 0.3) is 0 Å². The van der Waals surface area contributed by atoms with Crippen molar-refractivity contribution in [3.05, 3.63) is 197 Å². The topological polar surface area (TPSA) is 0 Å². The first-order chi connectivity index (χ1) is 18.9. The summed E-state index contributed by atoms with van der Waals surface area (Å²) < 4.78 is 0. The SMILES string of the molecule is [CH3-].[CH3-].[Pt+4].c1ccc([PH+](c2ccccc2)c2ccccc2)cc1.c1ccc([PH+](c2ccccc2)c2ccccc2)cc1. The van der Waals surface area contributed by atoms with E-state index in [0.717, 1.165) is 0 Å². The molecule has 41 heavy (non-hydrogen) atoms. The molecular weight excluding hydrogens is 713 g/mol.